The van der Waals surface area contributed by atoms with Crippen molar-refractivity contribution in [3.8, 4) is 0 Å². The van der Waals surface area contributed by atoms with Crippen LogP contribution >= 0.6 is 0 Å². The molecule has 0 saturated carbocycles. The molecule has 1 aliphatic heterocycles. The number of unbranched alkanes of at least 4 members (excludes halogenated alkanes) is 5. The lowest BCUT2D eigenvalue weighted by Gasteiger charge is -2.39. The molecule has 1 aliphatic rings. The second-order valence-electron chi connectivity index (χ2n) is 8.22. The second kappa shape index (κ2) is 14.0. The highest BCUT2D eigenvalue weighted by atomic mass is 16.6. The van der Waals surface area contributed by atoms with E-state index in [1.54, 1.807) is 0 Å². The van der Waals surface area contributed by atoms with Gasteiger partial charge in [0.25, 0.3) is 0 Å². The predicted molar refractivity (Wildman–Crippen MR) is 121 cm³/mol. The minimum absolute atomic E-state index is 0.342. The standard InChI is InChI=1S/C26H42O3/c1-4-7-8-9-10-12-16-24(19-15-20-27-21-25-22-28-25)26(5-2,29-6-3)23-17-13-11-14-18-23/h5,11,13-14,17-18,24-25H,2,4,6-10,12,15-16,19-22H2,1,3H3/t24?,25?,26-/m0/s1. The third kappa shape index (κ3) is 8.24. The summed E-state index contributed by atoms with van der Waals surface area (Å²) < 4.78 is 17.5. The van der Waals surface area contributed by atoms with Gasteiger partial charge in [0.1, 0.15) is 11.7 Å². The van der Waals surface area contributed by atoms with E-state index in [1.807, 2.05) is 6.08 Å². The van der Waals surface area contributed by atoms with Crippen LogP contribution in [-0.2, 0) is 19.8 Å². The van der Waals surface area contributed by atoms with Crippen LogP contribution in [0.3, 0.4) is 0 Å². The lowest BCUT2D eigenvalue weighted by Crippen LogP contribution is -2.36. The van der Waals surface area contributed by atoms with Gasteiger partial charge in [-0.3, -0.25) is 0 Å². The molecular formula is C26H42O3. The topological polar surface area (TPSA) is 31.0 Å². The Morgan fingerprint density at radius 2 is 1.76 bits per heavy atom. The highest BCUT2D eigenvalue weighted by Gasteiger charge is 2.37. The highest BCUT2D eigenvalue weighted by Crippen LogP contribution is 2.41. The Morgan fingerprint density at radius 3 is 2.41 bits per heavy atom. The van der Waals surface area contributed by atoms with Gasteiger partial charge in [0, 0.05) is 13.2 Å². The largest absolute Gasteiger partial charge is 0.379 e. The van der Waals surface area contributed by atoms with Crippen LogP contribution in [0.5, 0.6) is 0 Å². The number of rotatable bonds is 18. The van der Waals surface area contributed by atoms with Gasteiger partial charge in [-0.05, 0) is 37.7 Å². The van der Waals surface area contributed by atoms with Crippen molar-refractivity contribution in [1.29, 1.82) is 0 Å². The molecule has 1 fully saturated rings. The molecular weight excluding hydrogens is 360 g/mol. The minimum Gasteiger partial charge on any atom is -0.379 e. The Morgan fingerprint density at radius 1 is 1.07 bits per heavy atom. The molecule has 3 heteroatoms. The summed E-state index contributed by atoms with van der Waals surface area (Å²) in [6.45, 7) is 11.6. The third-order valence-electron chi connectivity index (χ3n) is 5.97. The minimum atomic E-state index is -0.418. The summed E-state index contributed by atoms with van der Waals surface area (Å²) in [6, 6.07) is 10.7. The molecule has 0 aromatic heterocycles. The summed E-state index contributed by atoms with van der Waals surface area (Å²) >= 11 is 0. The summed E-state index contributed by atoms with van der Waals surface area (Å²) in [5.74, 6) is 0.411. The molecule has 1 saturated heterocycles. The first-order chi connectivity index (χ1) is 14.3. The zero-order valence-corrected chi connectivity index (χ0v) is 18.7. The van der Waals surface area contributed by atoms with Gasteiger partial charge in [0.05, 0.1) is 13.2 Å². The Labute approximate surface area is 178 Å². The van der Waals surface area contributed by atoms with E-state index < -0.39 is 5.60 Å². The van der Waals surface area contributed by atoms with Crippen LogP contribution in [0.1, 0.15) is 77.2 Å². The van der Waals surface area contributed by atoms with E-state index in [1.165, 1.54) is 50.5 Å². The molecule has 0 spiro atoms. The molecule has 0 bridgehead atoms. The lowest BCUT2D eigenvalue weighted by molar-refractivity contribution is -0.0581. The van der Waals surface area contributed by atoms with Crippen molar-refractivity contribution in [3.05, 3.63) is 48.6 Å². The quantitative estimate of drug-likeness (QED) is 0.156. The summed E-state index contributed by atoms with van der Waals surface area (Å²) in [6.07, 6.45) is 13.6. The number of benzene rings is 1. The first kappa shape index (κ1) is 24.1. The molecule has 1 aromatic rings. The van der Waals surface area contributed by atoms with Crippen LogP contribution in [0.25, 0.3) is 0 Å². The first-order valence-electron chi connectivity index (χ1n) is 11.8. The Hall–Kier alpha value is -1.16. The molecule has 3 nitrogen and oxygen atoms in total. The van der Waals surface area contributed by atoms with Gasteiger partial charge >= 0.3 is 0 Å². The Bertz CT molecular complexity index is 540. The molecule has 1 heterocycles. The van der Waals surface area contributed by atoms with E-state index in [9.17, 15) is 0 Å². The monoisotopic (exact) mass is 402 g/mol. The average Bonchev–Trinajstić information content (AvgIpc) is 3.58. The SMILES string of the molecule is C=C[C@](OCC)(c1ccccc1)C(CCCCCCCC)CCCOCC1CO1. The maximum Gasteiger partial charge on any atom is 0.114 e. The van der Waals surface area contributed by atoms with Crippen molar-refractivity contribution in [3.63, 3.8) is 0 Å². The van der Waals surface area contributed by atoms with Crippen LogP contribution < -0.4 is 0 Å². The fourth-order valence-corrected chi connectivity index (χ4v) is 4.27. The first-order valence-corrected chi connectivity index (χ1v) is 11.8. The van der Waals surface area contributed by atoms with Crippen molar-refractivity contribution in [2.24, 2.45) is 5.92 Å². The number of epoxide rings is 1. The third-order valence-corrected chi connectivity index (χ3v) is 5.97. The molecule has 2 rings (SSSR count). The molecule has 3 atom stereocenters. The van der Waals surface area contributed by atoms with Gasteiger partial charge < -0.3 is 14.2 Å². The van der Waals surface area contributed by atoms with Crippen LogP contribution in [0.4, 0.5) is 0 Å². The van der Waals surface area contributed by atoms with Crippen molar-refractivity contribution in [1.82, 2.24) is 0 Å². The van der Waals surface area contributed by atoms with E-state index in [4.69, 9.17) is 14.2 Å². The molecule has 0 amide bonds. The maximum atomic E-state index is 6.45. The van der Waals surface area contributed by atoms with Crippen molar-refractivity contribution in [2.75, 3.05) is 26.4 Å². The van der Waals surface area contributed by atoms with Crippen molar-refractivity contribution >= 4 is 0 Å². The van der Waals surface area contributed by atoms with Gasteiger partial charge in [0.15, 0.2) is 0 Å². The number of ether oxygens (including phenoxy) is 3. The maximum absolute atomic E-state index is 6.45. The summed E-state index contributed by atoms with van der Waals surface area (Å²) in [5, 5.41) is 0. The molecule has 2 unspecified atom stereocenters. The summed E-state index contributed by atoms with van der Waals surface area (Å²) in [4.78, 5) is 0. The molecule has 0 aliphatic carbocycles. The van der Waals surface area contributed by atoms with Crippen molar-refractivity contribution < 1.29 is 14.2 Å². The van der Waals surface area contributed by atoms with Gasteiger partial charge in [-0.25, -0.2) is 0 Å². The van der Waals surface area contributed by atoms with E-state index in [0.29, 0.717) is 18.6 Å². The second-order valence-corrected chi connectivity index (χ2v) is 8.22. The number of hydrogen-bond donors (Lipinski definition) is 0. The van der Waals surface area contributed by atoms with E-state index in [0.717, 1.165) is 32.7 Å². The fourth-order valence-electron chi connectivity index (χ4n) is 4.27. The Kier molecular flexibility index (Phi) is 11.6. The fraction of sp³-hybridized carbons (Fsp3) is 0.692. The number of hydrogen-bond acceptors (Lipinski definition) is 3. The van der Waals surface area contributed by atoms with Crippen molar-refractivity contribution in [2.45, 2.75) is 83.3 Å². The van der Waals surface area contributed by atoms with E-state index in [2.05, 4.69) is 50.8 Å². The average molecular weight is 403 g/mol. The zero-order valence-electron chi connectivity index (χ0n) is 18.7. The van der Waals surface area contributed by atoms with Gasteiger partial charge in [-0.2, -0.15) is 0 Å². The molecule has 0 radical (unpaired) electrons. The smallest absolute Gasteiger partial charge is 0.114 e. The zero-order chi connectivity index (χ0) is 20.8. The highest BCUT2D eigenvalue weighted by molar-refractivity contribution is 5.28. The van der Waals surface area contributed by atoms with Crippen LogP contribution in [0, 0.1) is 5.92 Å². The molecule has 0 N–H and O–H groups in total. The van der Waals surface area contributed by atoms with E-state index >= 15 is 0 Å². The van der Waals surface area contributed by atoms with Crippen LogP contribution in [-0.4, -0.2) is 32.5 Å². The molecule has 164 valence electrons. The van der Waals surface area contributed by atoms with Crippen LogP contribution in [0.15, 0.2) is 43.0 Å². The summed E-state index contributed by atoms with van der Waals surface area (Å²) in [5.41, 5.74) is 0.805. The summed E-state index contributed by atoms with van der Waals surface area (Å²) in [7, 11) is 0. The van der Waals surface area contributed by atoms with Crippen LogP contribution in [0.2, 0.25) is 0 Å². The Balaban J connectivity index is 2.00. The van der Waals surface area contributed by atoms with Gasteiger partial charge in [0.2, 0.25) is 0 Å². The molecule has 29 heavy (non-hydrogen) atoms. The van der Waals surface area contributed by atoms with Gasteiger partial charge in [-0.1, -0.05) is 88.4 Å². The van der Waals surface area contributed by atoms with Gasteiger partial charge in [-0.15, -0.1) is 0 Å². The lowest BCUT2D eigenvalue weighted by atomic mass is 9.75. The van der Waals surface area contributed by atoms with E-state index in [-0.39, 0.29) is 0 Å². The predicted octanol–water partition coefficient (Wildman–Crippen LogP) is 6.67. The normalized spacial score (nSPS) is 18.9. The molecule has 1 aromatic carbocycles.